The van der Waals surface area contributed by atoms with Crippen molar-refractivity contribution < 1.29 is 19.1 Å². The van der Waals surface area contributed by atoms with Gasteiger partial charge in [-0.3, -0.25) is 9.59 Å². The van der Waals surface area contributed by atoms with Gasteiger partial charge in [0.25, 0.3) is 5.91 Å². The van der Waals surface area contributed by atoms with Gasteiger partial charge in [0.05, 0.1) is 18.3 Å². The second kappa shape index (κ2) is 6.31. The summed E-state index contributed by atoms with van der Waals surface area (Å²) in [6, 6.07) is 3.65. The monoisotopic (exact) mass is 312 g/mol. The molecule has 9 heteroatoms. The van der Waals surface area contributed by atoms with Gasteiger partial charge in [0.1, 0.15) is 18.1 Å². The molecule has 0 aliphatic rings. The van der Waals surface area contributed by atoms with E-state index in [0.717, 1.165) is 10.7 Å². The van der Waals surface area contributed by atoms with E-state index in [-0.39, 0.29) is 23.7 Å². The van der Waals surface area contributed by atoms with Crippen LogP contribution in [0.5, 0.6) is 0 Å². The molecule has 0 atom stereocenters. The van der Waals surface area contributed by atoms with Crippen molar-refractivity contribution in [2.45, 2.75) is 13.1 Å². The van der Waals surface area contributed by atoms with Crippen LogP contribution in [0.15, 0.2) is 24.4 Å². The van der Waals surface area contributed by atoms with Gasteiger partial charge in [0, 0.05) is 5.02 Å². The summed E-state index contributed by atoms with van der Waals surface area (Å²) in [5.74, 6) is -2.40. The van der Waals surface area contributed by atoms with Gasteiger partial charge in [-0.05, 0) is 18.2 Å². The summed E-state index contributed by atoms with van der Waals surface area (Å²) >= 11 is 5.70. The third-order valence-electron chi connectivity index (χ3n) is 2.49. The van der Waals surface area contributed by atoms with Crippen molar-refractivity contribution in [3.8, 4) is 0 Å². The van der Waals surface area contributed by atoms with Gasteiger partial charge in [0.2, 0.25) is 0 Å². The molecule has 110 valence electrons. The van der Waals surface area contributed by atoms with Crippen LogP contribution in [0.25, 0.3) is 0 Å². The lowest BCUT2D eigenvalue weighted by Crippen LogP contribution is -2.24. The number of aliphatic carboxylic acids is 1. The largest absolute Gasteiger partial charge is 0.480 e. The fourth-order valence-corrected chi connectivity index (χ4v) is 1.75. The van der Waals surface area contributed by atoms with Gasteiger partial charge >= 0.3 is 5.97 Å². The van der Waals surface area contributed by atoms with Crippen molar-refractivity contribution in [1.82, 2.24) is 20.3 Å². The van der Waals surface area contributed by atoms with Crippen molar-refractivity contribution in [3.63, 3.8) is 0 Å². The van der Waals surface area contributed by atoms with Gasteiger partial charge in [-0.1, -0.05) is 16.8 Å². The van der Waals surface area contributed by atoms with Crippen LogP contribution < -0.4 is 5.32 Å². The third kappa shape index (κ3) is 3.99. The number of carboxylic acids is 1. The molecular weight excluding hydrogens is 303 g/mol. The molecule has 0 radical (unpaired) electrons. The number of amides is 1. The summed E-state index contributed by atoms with van der Waals surface area (Å²) in [5.41, 5.74) is 0.174. The lowest BCUT2D eigenvalue weighted by atomic mass is 10.2. The van der Waals surface area contributed by atoms with E-state index >= 15 is 0 Å². The molecule has 0 aliphatic carbocycles. The molecule has 21 heavy (non-hydrogen) atoms. The number of carboxylic acid groups (broad SMARTS) is 1. The molecule has 2 N–H and O–H groups in total. The third-order valence-corrected chi connectivity index (χ3v) is 2.72. The van der Waals surface area contributed by atoms with E-state index in [4.69, 9.17) is 16.7 Å². The highest BCUT2D eigenvalue weighted by Crippen LogP contribution is 2.14. The van der Waals surface area contributed by atoms with Crippen molar-refractivity contribution in [2.24, 2.45) is 0 Å². The van der Waals surface area contributed by atoms with Crippen LogP contribution in [0.3, 0.4) is 0 Å². The fraction of sp³-hybridized carbons (Fsp3) is 0.167. The van der Waals surface area contributed by atoms with E-state index < -0.39 is 17.7 Å². The first-order valence-corrected chi connectivity index (χ1v) is 6.17. The predicted octanol–water partition coefficient (Wildman–Crippen LogP) is 1.09. The number of nitrogens with one attached hydrogen (secondary N) is 1. The molecule has 0 spiro atoms. The maximum atomic E-state index is 13.5. The Hall–Kier alpha value is -2.48. The van der Waals surface area contributed by atoms with Gasteiger partial charge in [-0.15, -0.1) is 5.10 Å². The van der Waals surface area contributed by atoms with Crippen molar-refractivity contribution in [3.05, 3.63) is 46.5 Å². The SMILES string of the molecule is O=C(O)Cn1cc(CNC(=O)c2cc(Cl)ccc2F)nn1. The van der Waals surface area contributed by atoms with E-state index in [9.17, 15) is 14.0 Å². The Labute approximate surface area is 123 Å². The van der Waals surface area contributed by atoms with Crippen LogP contribution in [0.4, 0.5) is 4.39 Å². The van der Waals surface area contributed by atoms with Crippen LogP contribution in [0.1, 0.15) is 16.1 Å². The Kier molecular flexibility index (Phi) is 4.49. The highest BCUT2D eigenvalue weighted by molar-refractivity contribution is 6.30. The first-order chi connectivity index (χ1) is 9.95. The minimum absolute atomic E-state index is 0.00952. The van der Waals surface area contributed by atoms with E-state index in [0.29, 0.717) is 5.69 Å². The second-order valence-corrected chi connectivity index (χ2v) is 4.54. The van der Waals surface area contributed by atoms with Crippen LogP contribution >= 0.6 is 11.6 Å². The summed E-state index contributed by atoms with van der Waals surface area (Å²) in [4.78, 5) is 22.3. The minimum atomic E-state index is -1.06. The first kappa shape index (κ1) is 14.9. The van der Waals surface area contributed by atoms with Crippen molar-refractivity contribution in [1.29, 1.82) is 0 Å². The number of rotatable bonds is 5. The second-order valence-electron chi connectivity index (χ2n) is 4.11. The first-order valence-electron chi connectivity index (χ1n) is 5.80. The molecule has 0 bridgehead atoms. The summed E-state index contributed by atoms with van der Waals surface area (Å²) in [6.45, 7) is -0.339. The van der Waals surface area contributed by atoms with Gasteiger partial charge in [0.15, 0.2) is 0 Å². The number of carbonyl (C=O) groups excluding carboxylic acids is 1. The van der Waals surface area contributed by atoms with Crippen LogP contribution in [0, 0.1) is 5.82 Å². The van der Waals surface area contributed by atoms with Crippen molar-refractivity contribution >= 4 is 23.5 Å². The molecule has 0 fully saturated rings. The maximum Gasteiger partial charge on any atom is 0.325 e. The van der Waals surface area contributed by atoms with E-state index in [2.05, 4.69) is 15.6 Å². The molecule has 1 amide bonds. The summed E-state index contributed by atoms with van der Waals surface area (Å²) in [5, 5.41) is 18.5. The zero-order valence-corrected chi connectivity index (χ0v) is 11.3. The number of aromatic nitrogens is 3. The molecule has 1 aromatic carbocycles. The number of hydrogen-bond acceptors (Lipinski definition) is 4. The molecule has 0 saturated heterocycles. The smallest absolute Gasteiger partial charge is 0.325 e. The molecule has 2 rings (SSSR count). The number of nitrogens with zero attached hydrogens (tertiary/aromatic N) is 3. The number of carbonyl (C=O) groups is 2. The van der Waals surface area contributed by atoms with Crippen LogP contribution in [-0.4, -0.2) is 32.0 Å². The van der Waals surface area contributed by atoms with Crippen LogP contribution in [0.2, 0.25) is 5.02 Å². The molecule has 1 heterocycles. The van der Waals surface area contributed by atoms with E-state index in [1.807, 2.05) is 0 Å². The van der Waals surface area contributed by atoms with E-state index in [1.165, 1.54) is 18.3 Å². The molecule has 0 aliphatic heterocycles. The Morgan fingerprint density at radius 1 is 1.43 bits per heavy atom. The zero-order chi connectivity index (χ0) is 15.4. The highest BCUT2D eigenvalue weighted by Gasteiger charge is 2.13. The molecule has 0 saturated carbocycles. The Bertz CT molecular complexity index is 689. The Morgan fingerprint density at radius 2 is 2.19 bits per heavy atom. The standard InChI is InChI=1S/C12H10ClFN4O3/c13-7-1-2-10(14)9(3-7)12(21)15-4-8-5-18(17-16-8)6-11(19)20/h1-3,5H,4,6H2,(H,15,21)(H,19,20). The molecule has 0 unspecified atom stereocenters. The number of hydrogen-bond donors (Lipinski definition) is 2. The lowest BCUT2D eigenvalue weighted by Gasteiger charge is -2.04. The van der Waals surface area contributed by atoms with Gasteiger partial charge in [-0.2, -0.15) is 0 Å². The highest BCUT2D eigenvalue weighted by atomic mass is 35.5. The predicted molar refractivity (Wildman–Crippen MR) is 70.2 cm³/mol. The summed E-state index contributed by atoms with van der Waals surface area (Å²) < 4.78 is 14.6. The lowest BCUT2D eigenvalue weighted by molar-refractivity contribution is -0.137. The minimum Gasteiger partial charge on any atom is -0.480 e. The molecule has 7 nitrogen and oxygen atoms in total. The normalized spacial score (nSPS) is 10.4. The quantitative estimate of drug-likeness (QED) is 0.861. The van der Waals surface area contributed by atoms with Crippen LogP contribution in [-0.2, 0) is 17.9 Å². The topological polar surface area (TPSA) is 97.1 Å². The molecule has 2 aromatic rings. The summed E-state index contributed by atoms with van der Waals surface area (Å²) in [7, 11) is 0. The number of benzene rings is 1. The van der Waals surface area contributed by atoms with Gasteiger partial charge in [-0.25, -0.2) is 9.07 Å². The fourth-order valence-electron chi connectivity index (χ4n) is 1.57. The molecular formula is C12H10ClFN4O3. The Balaban J connectivity index is 1.99. The number of halogens is 2. The van der Waals surface area contributed by atoms with Gasteiger partial charge < -0.3 is 10.4 Å². The van der Waals surface area contributed by atoms with E-state index in [1.54, 1.807) is 0 Å². The average Bonchev–Trinajstić information content (AvgIpc) is 2.85. The maximum absolute atomic E-state index is 13.5. The summed E-state index contributed by atoms with van der Waals surface area (Å²) in [6.07, 6.45) is 1.38. The van der Waals surface area contributed by atoms with Crippen molar-refractivity contribution in [2.75, 3.05) is 0 Å². The average molecular weight is 313 g/mol. The Morgan fingerprint density at radius 3 is 2.90 bits per heavy atom. The molecule has 1 aromatic heterocycles. The zero-order valence-electron chi connectivity index (χ0n) is 10.6.